The molecule has 0 spiro atoms. The van der Waals surface area contributed by atoms with Crippen molar-refractivity contribution in [1.29, 1.82) is 0 Å². The Kier molecular flexibility index (Phi) is 6.88. The van der Waals surface area contributed by atoms with Crippen molar-refractivity contribution in [2.45, 2.75) is 12.5 Å². The van der Waals surface area contributed by atoms with E-state index >= 15 is 0 Å². The van der Waals surface area contributed by atoms with Gasteiger partial charge in [-0.3, -0.25) is 0 Å². The molecule has 0 atom stereocenters. The summed E-state index contributed by atoms with van der Waals surface area (Å²) in [5, 5.41) is 2.69. The van der Waals surface area contributed by atoms with Gasteiger partial charge in [-0.25, -0.2) is 4.79 Å². The van der Waals surface area contributed by atoms with Crippen LogP contribution in [-0.2, 0) is 4.74 Å². The van der Waals surface area contributed by atoms with E-state index in [0.717, 1.165) is 11.1 Å². The van der Waals surface area contributed by atoms with Crippen LogP contribution in [0.4, 0.5) is 13.6 Å². The molecule has 0 aromatic heterocycles. The average Bonchev–Trinajstić information content (AvgIpc) is 3.14. The number of alkyl halides is 2. The number of rotatable bonds is 8. The van der Waals surface area contributed by atoms with E-state index in [9.17, 15) is 13.6 Å². The van der Waals surface area contributed by atoms with Crippen molar-refractivity contribution in [2.75, 3.05) is 20.3 Å². The maximum Gasteiger partial charge on any atom is 0.407 e. The number of nitrogens with one attached hydrogen (secondary N) is 1. The summed E-state index contributed by atoms with van der Waals surface area (Å²) in [5.74, 6) is 0.156. The van der Waals surface area contributed by atoms with Crippen molar-refractivity contribution < 1.29 is 27.8 Å². The lowest BCUT2D eigenvalue weighted by molar-refractivity contribution is -0.0512. The number of hydrogen-bond donors (Lipinski definition) is 1. The first-order valence-corrected chi connectivity index (χ1v) is 10.4. The van der Waals surface area contributed by atoms with Crippen molar-refractivity contribution in [3.8, 4) is 22.6 Å². The number of alkyl carbamates (subject to hydrolysis) is 1. The minimum atomic E-state index is -2.93. The first kappa shape index (κ1) is 22.3. The molecule has 1 aliphatic carbocycles. The Morgan fingerprint density at radius 3 is 2.30 bits per heavy atom. The van der Waals surface area contributed by atoms with E-state index in [4.69, 9.17) is 9.47 Å². The second-order valence-electron chi connectivity index (χ2n) is 7.40. The molecular weight excluding hydrogens is 428 g/mol. The van der Waals surface area contributed by atoms with Gasteiger partial charge in [0.25, 0.3) is 0 Å². The lowest BCUT2D eigenvalue weighted by Gasteiger charge is -2.14. The summed E-state index contributed by atoms with van der Waals surface area (Å²) in [6.07, 6.45) is 2.95. The van der Waals surface area contributed by atoms with Crippen LogP contribution in [0, 0.1) is 0 Å². The minimum Gasteiger partial charge on any atom is -0.493 e. The Balaban J connectivity index is 1.30. The Bertz CT molecular complexity index is 1120. The smallest absolute Gasteiger partial charge is 0.407 e. The molecule has 5 nitrogen and oxygen atoms in total. The molecule has 170 valence electrons. The van der Waals surface area contributed by atoms with Crippen molar-refractivity contribution in [2.24, 2.45) is 0 Å². The fourth-order valence-electron chi connectivity index (χ4n) is 3.97. The standard InChI is InChI=1S/C26H23F2NO4/c1-31-24-15-17(12-13-23(24)33-25(27)28)7-6-14-29-26(30)32-16-22-20-10-4-2-8-18(20)19-9-3-5-11-21(19)22/h2-13,15,22,25H,14,16H2,1H3,(H,29,30). The molecule has 1 aliphatic rings. The number of benzene rings is 3. The molecule has 4 rings (SSSR count). The number of fused-ring (bicyclic) bond motifs is 3. The number of halogens is 2. The van der Waals surface area contributed by atoms with Crippen LogP contribution >= 0.6 is 0 Å². The van der Waals surface area contributed by atoms with Gasteiger partial charge in [0.1, 0.15) is 6.61 Å². The SMILES string of the molecule is COc1cc(C=CCNC(=O)OCC2c3ccccc3-c3ccccc32)ccc1OC(F)F. The molecule has 0 aliphatic heterocycles. The molecule has 3 aromatic carbocycles. The highest BCUT2D eigenvalue weighted by Crippen LogP contribution is 2.44. The molecule has 7 heteroatoms. The van der Waals surface area contributed by atoms with E-state index in [1.165, 1.54) is 24.3 Å². The van der Waals surface area contributed by atoms with Gasteiger partial charge >= 0.3 is 12.7 Å². The van der Waals surface area contributed by atoms with E-state index in [1.54, 1.807) is 24.3 Å². The fraction of sp³-hybridized carbons (Fsp3) is 0.192. The summed E-state index contributed by atoms with van der Waals surface area (Å²) in [5.41, 5.74) is 5.36. The van der Waals surface area contributed by atoms with Crippen molar-refractivity contribution in [3.63, 3.8) is 0 Å². The molecule has 0 fully saturated rings. The highest BCUT2D eigenvalue weighted by molar-refractivity contribution is 5.79. The molecule has 0 saturated heterocycles. The zero-order valence-electron chi connectivity index (χ0n) is 18.0. The molecule has 1 N–H and O–H groups in total. The summed E-state index contributed by atoms with van der Waals surface area (Å²) >= 11 is 0. The summed E-state index contributed by atoms with van der Waals surface area (Å²) < 4.78 is 39.8. The maximum absolute atomic E-state index is 12.4. The Hall–Kier alpha value is -3.87. The predicted octanol–water partition coefficient (Wildman–Crippen LogP) is 5.85. The van der Waals surface area contributed by atoms with E-state index < -0.39 is 12.7 Å². The second-order valence-corrected chi connectivity index (χ2v) is 7.40. The number of hydrogen-bond acceptors (Lipinski definition) is 4. The van der Waals surface area contributed by atoms with Gasteiger partial charge in [-0.15, -0.1) is 0 Å². The van der Waals surface area contributed by atoms with Crippen LogP contribution in [0.3, 0.4) is 0 Å². The highest BCUT2D eigenvalue weighted by atomic mass is 19.3. The van der Waals surface area contributed by atoms with Crippen molar-refractivity contribution >= 4 is 12.2 Å². The van der Waals surface area contributed by atoms with Gasteiger partial charge in [-0.2, -0.15) is 8.78 Å². The van der Waals surface area contributed by atoms with Crippen LogP contribution in [0.2, 0.25) is 0 Å². The maximum atomic E-state index is 12.4. The second kappa shape index (κ2) is 10.2. The molecule has 0 radical (unpaired) electrons. The van der Waals surface area contributed by atoms with Gasteiger partial charge in [0.15, 0.2) is 11.5 Å². The number of methoxy groups -OCH3 is 1. The fourth-order valence-corrected chi connectivity index (χ4v) is 3.97. The molecule has 3 aromatic rings. The zero-order valence-corrected chi connectivity index (χ0v) is 18.0. The number of amides is 1. The summed E-state index contributed by atoms with van der Waals surface area (Å²) in [4.78, 5) is 12.2. The molecule has 0 unspecified atom stereocenters. The van der Waals surface area contributed by atoms with Crippen molar-refractivity contribution in [3.05, 3.63) is 89.5 Å². The van der Waals surface area contributed by atoms with Crippen LogP contribution < -0.4 is 14.8 Å². The van der Waals surface area contributed by atoms with Gasteiger partial charge in [0, 0.05) is 12.5 Å². The number of ether oxygens (including phenoxy) is 3. The van der Waals surface area contributed by atoms with E-state index in [1.807, 2.05) is 24.3 Å². The third-order valence-electron chi connectivity index (χ3n) is 5.42. The third kappa shape index (κ3) is 5.14. The van der Waals surface area contributed by atoms with Crippen LogP contribution in [0.15, 0.2) is 72.8 Å². The molecule has 0 bridgehead atoms. The largest absolute Gasteiger partial charge is 0.493 e. The molecule has 0 saturated carbocycles. The average molecular weight is 451 g/mol. The van der Waals surface area contributed by atoms with E-state index in [0.29, 0.717) is 5.56 Å². The first-order chi connectivity index (χ1) is 16.1. The van der Waals surface area contributed by atoms with Crippen LogP contribution in [-0.4, -0.2) is 33.0 Å². The van der Waals surface area contributed by atoms with E-state index in [-0.39, 0.29) is 30.6 Å². The Morgan fingerprint density at radius 2 is 1.67 bits per heavy atom. The molecule has 1 amide bonds. The monoisotopic (exact) mass is 451 g/mol. The zero-order chi connectivity index (χ0) is 23.2. The molecule has 33 heavy (non-hydrogen) atoms. The molecular formula is C26H23F2NO4. The number of carbonyl (C=O) groups excluding carboxylic acids is 1. The van der Waals surface area contributed by atoms with Crippen LogP contribution in [0.5, 0.6) is 11.5 Å². The summed E-state index contributed by atoms with van der Waals surface area (Å²) in [6.45, 7) is -2.44. The predicted molar refractivity (Wildman–Crippen MR) is 122 cm³/mol. The quantitative estimate of drug-likeness (QED) is 0.467. The Labute approximate surface area is 190 Å². The lowest BCUT2D eigenvalue weighted by atomic mass is 9.98. The minimum absolute atomic E-state index is 0.000120. The Morgan fingerprint density at radius 1 is 1.00 bits per heavy atom. The van der Waals surface area contributed by atoms with Gasteiger partial charge in [0.05, 0.1) is 7.11 Å². The molecule has 0 heterocycles. The van der Waals surface area contributed by atoms with Gasteiger partial charge < -0.3 is 19.5 Å². The first-order valence-electron chi connectivity index (χ1n) is 10.4. The van der Waals surface area contributed by atoms with Crippen LogP contribution in [0.1, 0.15) is 22.6 Å². The van der Waals surface area contributed by atoms with Gasteiger partial charge in [-0.05, 0) is 39.9 Å². The van der Waals surface area contributed by atoms with Crippen LogP contribution in [0.25, 0.3) is 17.2 Å². The summed E-state index contributed by atoms with van der Waals surface area (Å²) in [7, 11) is 1.37. The topological polar surface area (TPSA) is 56.8 Å². The van der Waals surface area contributed by atoms with Crippen molar-refractivity contribution in [1.82, 2.24) is 5.32 Å². The number of carbonyl (C=O) groups is 1. The van der Waals surface area contributed by atoms with Gasteiger partial charge in [0.2, 0.25) is 0 Å². The van der Waals surface area contributed by atoms with Gasteiger partial charge in [-0.1, -0.05) is 66.7 Å². The van der Waals surface area contributed by atoms with E-state index in [2.05, 4.69) is 34.3 Å². The lowest BCUT2D eigenvalue weighted by Crippen LogP contribution is -2.26. The summed E-state index contributed by atoms with van der Waals surface area (Å²) in [6, 6.07) is 20.9. The highest BCUT2D eigenvalue weighted by Gasteiger charge is 2.28. The normalized spacial score (nSPS) is 12.5. The third-order valence-corrected chi connectivity index (χ3v) is 5.42.